The Bertz CT molecular complexity index is 1060. The van der Waals surface area contributed by atoms with Gasteiger partial charge >= 0.3 is 0 Å². The van der Waals surface area contributed by atoms with Gasteiger partial charge in [-0.1, -0.05) is 12.1 Å². The lowest BCUT2D eigenvalue weighted by atomic mass is 9.55. The first-order valence-electron chi connectivity index (χ1n) is 12.5. The molecule has 6 heteroatoms. The third-order valence-corrected chi connectivity index (χ3v) is 8.23. The van der Waals surface area contributed by atoms with Crippen molar-refractivity contribution in [3.63, 3.8) is 0 Å². The van der Waals surface area contributed by atoms with Gasteiger partial charge in [-0.25, -0.2) is 0 Å². The maximum atomic E-state index is 12.8. The highest BCUT2D eigenvalue weighted by Gasteiger charge is 2.57. The molecule has 1 amide bonds. The Labute approximate surface area is 202 Å². The summed E-state index contributed by atoms with van der Waals surface area (Å²) >= 11 is 0. The molecule has 3 fully saturated rings. The molecule has 0 bridgehead atoms. The maximum Gasteiger partial charge on any atom is 0.244 e. The molecule has 1 aromatic carbocycles. The average Bonchev–Trinajstić information content (AvgIpc) is 3.55. The van der Waals surface area contributed by atoms with Gasteiger partial charge in [0, 0.05) is 36.2 Å². The molecule has 3 aliphatic rings. The van der Waals surface area contributed by atoms with Crippen LogP contribution in [0.1, 0.15) is 55.4 Å². The number of methoxy groups -OCH3 is 1. The van der Waals surface area contributed by atoms with Gasteiger partial charge in [-0.05, 0) is 87.7 Å². The number of carbonyl (C=O) groups is 1. The van der Waals surface area contributed by atoms with Gasteiger partial charge in [0.1, 0.15) is 11.5 Å². The van der Waals surface area contributed by atoms with E-state index in [0.29, 0.717) is 13.0 Å². The summed E-state index contributed by atoms with van der Waals surface area (Å²) in [5, 5.41) is 15.4. The van der Waals surface area contributed by atoms with Crippen molar-refractivity contribution in [2.75, 3.05) is 26.7 Å². The van der Waals surface area contributed by atoms with Crippen LogP contribution in [0.25, 0.3) is 6.08 Å². The number of nitrogens with zero attached hydrogens (tertiary/aromatic N) is 1. The van der Waals surface area contributed by atoms with Gasteiger partial charge in [-0.15, -0.1) is 0 Å². The van der Waals surface area contributed by atoms with Gasteiger partial charge in [0.15, 0.2) is 0 Å². The molecule has 5 rings (SSSR count). The molecule has 2 saturated carbocycles. The SMILES string of the molecule is COc1cccc([C@@]23CCN(CC4CC4)C[C@@]2(O)CC[C@@H](NC(=O)/C=C/c2ccoc2C)C3)c1. The van der Waals surface area contributed by atoms with E-state index in [1.165, 1.54) is 12.8 Å². The minimum atomic E-state index is -0.822. The average molecular weight is 465 g/mol. The number of amides is 1. The smallest absolute Gasteiger partial charge is 0.244 e. The quantitative estimate of drug-likeness (QED) is 0.605. The lowest BCUT2D eigenvalue weighted by Crippen LogP contribution is -2.67. The highest BCUT2D eigenvalue weighted by Crippen LogP contribution is 2.52. The van der Waals surface area contributed by atoms with E-state index in [2.05, 4.69) is 22.3 Å². The molecule has 0 unspecified atom stereocenters. The zero-order chi connectivity index (χ0) is 23.8. The van der Waals surface area contributed by atoms with E-state index in [9.17, 15) is 9.90 Å². The van der Waals surface area contributed by atoms with Crippen LogP contribution in [-0.2, 0) is 10.2 Å². The van der Waals surface area contributed by atoms with E-state index in [1.54, 1.807) is 25.5 Å². The number of nitrogens with one attached hydrogen (secondary N) is 1. The number of ether oxygens (including phenoxy) is 1. The molecule has 1 saturated heterocycles. The summed E-state index contributed by atoms with van der Waals surface area (Å²) in [5.74, 6) is 2.29. The molecule has 1 aromatic heterocycles. The standard InChI is InChI=1S/C28H36N2O4/c1-20-22(11-15-34-20)8-9-26(31)29-24-10-12-28(32)19-30(18-21-6-7-21)14-13-27(28,17-24)23-4-3-5-25(16-23)33-2/h3-5,8-9,11,15-16,21,24,32H,6-7,10,12-14,17-19H2,1-2H3,(H,29,31)/b9-8+/t24-,27+,28+/m1/s1. The molecule has 182 valence electrons. The Morgan fingerprint density at radius 3 is 2.88 bits per heavy atom. The number of hydrogen-bond donors (Lipinski definition) is 2. The first-order chi connectivity index (χ1) is 16.4. The largest absolute Gasteiger partial charge is 0.497 e. The number of fused-ring (bicyclic) bond motifs is 1. The van der Waals surface area contributed by atoms with Crippen molar-refractivity contribution in [2.45, 2.75) is 62.5 Å². The predicted molar refractivity (Wildman–Crippen MR) is 132 cm³/mol. The van der Waals surface area contributed by atoms with Crippen LogP contribution >= 0.6 is 0 Å². The second-order valence-corrected chi connectivity index (χ2v) is 10.5. The predicted octanol–water partition coefficient (Wildman–Crippen LogP) is 4.06. The topological polar surface area (TPSA) is 74.9 Å². The number of aryl methyl sites for hydroxylation is 1. The number of likely N-dealkylation sites (tertiary alicyclic amines) is 1. The second-order valence-electron chi connectivity index (χ2n) is 10.5. The molecule has 3 atom stereocenters. The fourth-order valence-electron chi connectivity index (χ4n) is 6.11. The number of benzene rings is 1. The number of furan rings is 1. The zero-order valence-electron chi connectivity index (χ0n) is 20.3. The van der Waals surface area contributed by atoms with Crippen molar-refractivity contribution >= 4 is 12.0 Å². The Balaban J connectivity index is 1.37. The molecule has 1 aliphatic heterocycles. The molecule has 34 heavy (non-hydrogen) atoms. The van der Waals surface area contributed by atoms with Crippen LogP contribution in [0.15, 0.2) is 47.1 Å². The fraction of sp³-hybridized carbons (Fsp3) is 0.536. The molecule has 2 aromatic rings. The van der Waals surface area contributed by atoms with Crippen molar-refractivity contribution in [2.24, 2.45) is 5.92 Å². The van der Waals surface area contributed by atoms with Crippen LogP contribution in [0.2, 0.25) is 0 Å². The molecule has 0 radical (unpaired) electrons. The summed E-state index contributed by atoms with van der Waals surface area (Å²) in [6, 6.07) is 10.0. The molecular formula is C28H36N2O4. The van der Waals surface area contributed by atoms with Crippen LogP contribution in [0, 0.1) is 12.8 Å². The summed E-state index contributed by atoms with van der Waals surface area (Å²) < 4.78 is 10.8. The second kappa shape index (κ2) is 9.23. The van der Waals surface area contributed by atoms with Gasteiger partial charge < -0.3 is 24.5 Å². The van der Waals surface area contributed by atoms with Crippen molar-refractivity contribution in [3.05, 3.63) is 59.6 Å². The van der Waals surface area contributed by atoms with Crippen LogP contribution in [0.5, 0.6) is 5.75 Å². The Morgan fingerprint density at radius 1 is 1.29 bits per heavy atom. The van der Waals surface area contributed by atoms with Gasteiger partial charge in [0.05, 0.1) is 19.0 Å². The third-order valence-electron chi connectivity index (χ3n) is 8.23. The van der Waals surface area contributed by atoms with Crippen LogP contribution < -0.4 is 10.1 Å². The first kappa shape index (κ1) is 23.2. The van der Waals surface area contributed by atoms with Crippen molar-refractivity contribution in [3.8, 4) is 5.75 Å². The summed E-state index contributed by atoms with van der Waals surface area (Å²) in [5.41, 5.74) is 0.785. The van der Waals surface area contributed by atoms with Gasteiger partial charge in [-0.2, -0.15) is 0 Å². The number of aliphatic hydroxyl groups is 1. The van der Waals surface area contributed by atoms with E-state index in [1.807, 2.05) is 25.1 Å². The Morgan fingerprint density at radius 2 is 2.15 bits per heavy atom. The number of carbonyl (C=O) groups excluding carboxylic acids is 1. The van der Waals surface area contributed by atoms with Crippen LogP contribution in [0.3, 0.4) is 0 Å². The lowest BCUT2D eigenvalue weighted by molar-refractivity contribution is -0.132. The molecular weight excluding hydrogens is 428 g/mol. The van der Waals surface area contributed by atoms with Gasteiger partial charge in [-0.3, -0.25) is 4.79 Å². The lowest BCUT2D eigenvalue weighted by Gasteiger charge is -2.58. The number of rotatable bonds is 7. The highest BCUT2D eigenvalue weighted by atomic mass is 16.5. The Kier molecular flexibility index (Phi) is 6.30. The van der Waals surface area contributed by atoms with Crippen molar-refractivity contribution in [1.82, 2.24) is 10.2 Å². The minimum absolute atomic E-state index is 0.00375. The van der Waals surface area contributed by atoms with E-state index in [0.717, 1.165) is 60.9 Å². The van der Waals surface area contributed by atoms with Crippen molar-refractivity contribution in [1.29, 1.82) is 0 Å². The van der Waals surface area contributed by atoms with E-state index in [4.69, 9.17) is 9.15 Å². The summed E-state index contributed by atoms with van der Waals surface area (Å²) in [4.78, 5) is 15.2. The van der Waals surface area contributed by atoms with Gasteiger partial charge in [0.25, 0.3) is 0 Å². The monoisotopic (exact) mass is 464 g/mol. The van der Waals surface area contributed by atoms with Crippen LogP contribution in [-0.4, -0.2) is 54.3 Å². The maximum absolute atomic E-state index is 12.8. The molecule has 2 heterocycles. The first-order valence-corrected chi connectivity index (χ1v) is 12.5. The molecule has 2 aliphatic carbocycles. The van der Waals surface area contributed by atoms with Crippen molar-refractivity contribution < 1.29 is 19.1 Å². The summed E-state index contributed by atoms with van der Waals surface area (Å²) in [7, 11) is 1.68. The highest BCUT2D eigenvalue weighted by molar-refractivity contribution is 5.92. The summed E-state index contributed by atoms with van der Waals surface area (Å²) in [6.45, 7) is 4.64. The number of β-amino-alcohol motifs (C(OH)–C–C–N with tert-alkyl or cyclic N) is 1. The molecule has 6 nitrogen and oxygen atoms in total. The molecule has 2 N–H and O–H groups in total. The van der Waals surface area contributed by atoms with E-state index < -0.39 is 11.0 Å². The van der Waals surface area contributed by atoms with Crippen LogP contribution in [0.4, 0.5) is 0 Å². The Hall–Kier alpha value is -2.57. The minimum Gasteiger partial charge on any atom is -0.497 e. The number of hydrogen-bond acceptors (Lipinski definition) is 5. The zero-order valence-corrected chi connectivity index (χ0v) is 20.3. The third kappa shape index (κ3) is 4.53. The fourth-order valence-corrected chi connectivity index (χ4v) is 6.11. The summed E-state index contributed by atoms with van der Waals surface area (Å²) in [6.07, 6.45) is 10.7. The number of piperidine rings is 1. The van der Waals surface area contributed by atoms with E-state index in [-0.39, 0.29) is 11.9 Å². The molecule has 0 spiro atoms. The normalized spacial score (nSPS) is 29.7. The van der Waals surface area contributed by atoms with E-state index >= 15 is 0 Å². The van der Waals surface area contributed by atoms with Gasteiger partial charge in [0.2, 0.25) is 5.91 Å².